The third-order valence-corrected chi connectivity index (χ3v) is 5.22. The van der Waals surface area contributed by atoms with Crippen LogP contribution in [0.2, 0.25) is 0 Å². The fourth-order valence-electron chi connectivity index (χ4n) is 3.79. The van der Waals surface area contributed by atoms with Crippen LogP contribution in [0.4, 0.5) is 5.69 Å². The number of likely N-dealkylation sites (tertiary alicyclic amines) is 1. The molecule has 0 amide bonds. The van der Waals surface area contributed by atoms with E-state index in [0.717, 1.165) is 45.2 Å². The number of benzene rings is 1. The number of nitrogens with zero attached hydrogens (tertiary/aromatic N) is 3. The molecule has 1 aromatic rings. The Morgan fingerprint density at radius 1 is 1.24 bits per heavy atom. The Bertz CT molecular complexity index is 558. The van der Waals surface area contributed by atoms with E-state index < -0.39 is 0 Å². The van der Waals surface area contributed by atoms with E-state index in [2.05, 4.69) is 66.2 Å². The summed E-state index contributed by atoms with van der Waals surface area (Å²) in [4.78, 5) is 9.91. The van der Waals surface area contributed by atoms with E-state index in [1.54, 1.807) is 0 Å². The topological polar surface area (TPSA) is 30.9 Å². The van der Waals surface area contributed by atoms with Gasteiger partial charge >= 0.3 is 0 Å². The van der Waals surface area contributed by atoms with Crippen LogP contribution < -0.4 is 10.2 Å². The third-order valence-electron chi connectivity index (χ3n) is 5.22. The van der Waals surface area contributed by atoms with Crippen molar-refractivity contribution >= 4 is 35.6 Å². The van der Waals surface area contributed by atoms with Crippen LogP contribution in [0.15, 0.2) is 35.3 Å². The smallest absolute Gasteiger partial charge is 0.193 e. The molecular formula is C20H33IN4. The average molecular weight is 456 g/mol. The van der Waals surface area contributed by atoms with Crippen molar-refractivity contribution in [1.29, 1.82) is 0 Å². The first-order valence-electron chi connectivity index (χ1n) is 9.41. The normalized spacial score (nSPS) is 22.8. The van der Waals surface area contributed by atoms with Gasteiger partial charge in [-0.05, 0) is 43.2 Å². The quantitative estimate of drug-likeness (QED) is 0.425. The Hall–Kier alpha value is -0.980. The fraction of sp³-hybridized carbons (Fsp3) is 0.650. The molecule has 0 aliphatic carbocycles. The van der Waals surface area contributed by atoms with E-state index in [1.165, 1.54) is 18.5 Å². The minimum absolute atomic E-state index is 0. The number of nitrogens with one attached hydrogen (secondary N) is 1. The number of hydrogen-bond acceptors (Lipinski definition) is 2. The van der Waals surface area contributed by atoms with E-state index in [4.69, 9.17) is 4.99 Å². The minimum Gasteiger partial charge on any atom is -0.371 e. The van der Waals surface area contributed by atoms with Crippen molar-refractivity contribution in [2.75, 3.05) is 44.2 Å². The Labute approximate surface area is 170 Å². The number of para-hydroxylation sites is 1. The number of anilines is 1. The number of halogens is 1. The van der Waals surface area contributed by atoms with Gasteiger partial charge in [0.25, 0.3) is 0 Å². The Morgan fingerprint density at radius 3 is 2.64 bits per heavy atom. The van der Waals surface area contributed by atoms with E-state index in [-0.39, 0.29) is 24.0 Å². The molecule has 0 saturated carbocycles. The number of hydrogen-bond donors (Lipinski definition) is 1. The predicted molar refractivity (Wildman–Crippen MR) is 118 cm³/mol. The highest BCUT2D eigenvalue weighted by molar-refractivity contribution is 14.0. The average Bonchev–Trinajstić information content (AvgIpc) is 3.19. The predicted octanol–water partition coefficient (Wildman–Crippen LogP) is 3.83. The van der Waals surface area contributed by atoms with Crippen LogP contribution in [0, 0.1) is 11.3 Å². The maximum absolute atomic E-state index is 4.98. The van der Waals surface area contributed by atoms with Crippen molar-refractivity contribution in [3.05, 3.63) is 30.3 Å². The zero-order chi connectivity index (χ0) is 17.0. The largest absolute Gasteiger partial charge is 0.371 e. The molecule has 2 saturated heterocycles. The molecule has 4 nitrogen and oxygen atoms in total. The van der Waals surface area contributed by atoms with Crippen LogP contribution in [0.1, 0.15) is 33.6 Å². The zero-order valence-corrected chi connectivity index (χ0v) is 18.2. The lowest BCUT2D eigenvalue weighted by atomic mass is 9.93. The van der Waals surface area contributed by atoms with Crippen molar-refractivity contribution in [2.45, 2.75) is 33.6 Å². The van der Waals surface area contributed by atoms with Gasteiger partial charge in [0.2, 0.25) is 0 Å². The molecule has 0 radical (unpaired) electrons. The lowest BCUT2D eigenvalue weighted by molar-refractivity contribution is 0.369. The highest BCUT2D eigenvalue weighted by Crippen LogP contribution is 2.29. The molecule has 0 spiro atoms. The lowest BCUT2D eigenvalue weighted by Gasteiger charge is -2.24. The Morgan fingerprint density at radius 2 is 2.00 bits per heavy atom. The number of aliphatic imine (C=N–C) groups is 1. The fourth-order valence-corrected chi connectivity index (χ4v) is 3.79. The second kappa shape index (κ2) is 9.10. The zero-order valence-electron chi connectivity index (χ0n) is 15.9. The minimum atomic E-state index is 0. The molecule has 2 aliphatic heterocycles. The molecule has 1 atom stereocenters. The van der Waals surface area contributed by atoms with Gasteiger partial charge in [-0.15, -0.1) is 24.0 Å². The van der Waals surface area contributed by atoms with Crippen LogP contribution in [0.3, 0.4) is 0 Å². The molecule has 2 fully saturated rings. The molecule has 2 heterocycles. The molecule has 2 aliphatic rings. The molecule has 3 rings (SSSR count). The molecule has 0 bridgehead atoms. The van der Waals surface area contributed by atoms with Crippen LogP contribution in [-0.2, 0) is 0 Å². The Kier molecular flexibility index (Phi) is 7.40. The van der Waals surface area contributed by atoms with Crippen molar-refractivity contribution in [1.82, 2.24) is 10.2 Å². The summed E-state index contributed by atoms with van der Waals surface area (Å²) in [7, 11) is 0. The van der Waals surface area contributed by atoms with Gasteiger partial charge in [0, 0.05) is 45.0 Å². The highest BCUT2D eigenvalue weighted by Gasteiger charge is 2.31. The first kappa shape index (κ1) is 20.3. The van der Waals surface area contributed by atoms with Crippen LogP contribution in [0.25, 0.3) is 0 Å². The number of guanidine groups is 1. The van der Waals surface area contributed by atoms with E-state index in [0.29, 0.717) is 11.3 Å². The molecule has 5 heteroatoms. The lowest BCUT2D eigenvalue weighted by Crippen LogP contribution is -2.41. The molecular weight excluding hydrogens is 423 g/mol. The first-order valence-corrected chi connectivity index (χ1v) is 9.41. The van der Waals surface area contributed by atoms with Crippen LogP contribution in [0.5, 0.6) is 0 Å². The van der Waals surface area contributed by atoms with Gasteiger partial charge in [-0.1, -0.05) is 32.0 Å². The molecule has 0 aromatic heterocycles. The Balaban J connectivity index is 0.00000225. The summed E-state index contributed by atoms with van der Waals surface area (Å²) in [5.41, 5.74) is 1.75. The molecule has 25 heavy (non-hydrogen) atoms. The molecule has 140 valence electrons. The second-order valence-electron chi connectivity index (χ2n) is 7.97. The van der Waals surface area contributed by atoms with Gasteiger partial charge in [-0.3, -0.25) is 4.99 Å². The maximum Gasteiger partial charge on any atom is 0.193 e. The summed E-state index contributed by atoms with van der Waals surface area (Å²) >= 11 is 0. The summed E-state index contributed by atoms with van der Waals surface area (Å²) in [6.07, 6.45) is 2.49. The summed E-state index contributed by atoms with van der Waals surface area (Å²) in [6.45, 7) is 13.2. The van der Waals surface area contributed by atoms with Gasteiger partial charge < -0.3 is 15.1 Å². The molecule has 1 N–H and O–H groups in total. The van der Waals surface area contributed by atoms with Gasteiger partial charge in [0.15, 0.2) is 5.96 Å². The SMILES string of the molecule is CCNC(=NCC1CCN(c2ccccc2)C1)N1CCC(C)(C)C1.I. The number of rotatable bonds is 4. The third kappa shape index (κ3) is 5.50. The van der Waals surface area contributed by atoms with Crippen molar-refractivity contribution < 1.29 is 0 Å². The maximum atomic E-state index is 4.98. The monoisotopic (exact) mass is 456 g/mol. The van der Waals surface area contributed by atoms with Crippen molar-refractivity contribution in [2.24, 2.45) is 16.3 Å². The summed E-state index contributed by atoms with van der Waals surface area (Å²) < 4.78 is 0. The van der Waals surface area contributed by atoms with Gasteiger partial charge in [-0.25, -0.2) is 0 Å². The van der Waals surface area contributed by atoms with Crippen LogP contribution >= 0.6 is 24.0 Å². The highest BCUT2D eigenvalue weighted by atomic mass is 127. The standard InChI is InChI=1S/C20H32N4.HI/c1-4-21-19(24-13-11-20(2,3)16-24)22-14-17-10-12-23(15-17)18-8-6-5-7-9-18;/h5-9,17H,4,10-16H2,1-3H3,(H,21,22);1H. The van der Waals surface area contributed by atoms with E-state index >= 15 is 0 Å². The summed E-state index contributed by atoms with van der Waals surface area (Å²) in [6, 6.07) is 10.8. The van der Waals surface area contributed by atoms with Gasteiger partial charge in [0.1, 0.15) is 0 Å². The summed E-state index contributed by atoms with van der Waals surface area (Å²) in [5.74, 6) is 1.77. The second-order valence-corrected chi connectivity index (χ2v) is 7.97. The van der Waals surface area contributed by atoms with Gasteiger partial charge in [-0.2, -0.15) is 0 Å². The van der Waals surface area contributed by atoms with E-state index in [9.17, 15) is 0 Å². The van der Waals surface area contributed by atoms with Gasteiger partial charge in [0.05, 0.1) is 0 Å². The van der Waals surface area contributed by atoms with E-state index in [1.807, 2.05) is 0 Å². The summed E-state index contributed by atoms with van der Waals surface area (Å²) in [5, 5.41) is 3.49. The van der Waals surface area contributed by atoms with Crippen LogP contribution in [-0.4, -0.2) is 50.1 Å². The van der Waals surface area contributed by atoms with Crippen molar-refractivity contribution in [3.63, 3.8) is 0 Å². The molecule has 1 unspecified atom stereocenters. The molecule has 1 aromatic carbocycles. The van der Waals surface area contributed by atoms with Crippen molar-refractivity contribution in [3.8, 4) is 0 Å². The first-order chi connectivity index (χ1) is 11.6.